The van der Waals surface area contributed by atoms with E-state index in [1.54, 1.807) is 19.1 Å². The third-order valence-electron chi connectivity index (χ3n) is 2.48. The van der Waals surface area contributed by atoms with Gasteiger partial charge in [0.25, 0.3) is 5.91 Å². The van der Waals surface area contributed by atoms with E-state index in [1.165, 1.54) is 18.2 Å². The number of carbonyl (C=O) groups excluding carboxylic acids is 1. The van der Waals surface area contributed by atoms with Gasteiger partial charge >= 0.3 is 0 Å². The molecule has 0 unspecified atom stereocenters. The first-order valence-corrected chi connectivity index (χ1v) is 7.81. The summed E-state index contributed by atoms with van der Waals surface area (Å²) in [6.07, 6.45) is 0. The van der Waals surface area contributed by atoms with Gasteiger partial charge in [-0.1, -0.05) is 0 Å². The lowest BCUT2D eigenvalue weighted by Gasteiger charge is -2.07. The van der Waals surface area contributed by atoms with Crippen molar-refractivity contribution in [3.05, 3.63) is 46.3 Å². The number of sulfonamides is 1. The Morgan fingerprint density at radius 3 is 2.50 bits per heavy atom. The molecule has 106 valence electrons. The van der Waals surface area contributed by atoms with E-state index in [0.29, 0.717) is 15.9 Å². The summed E-state index contributed by atoms with van der Waals surface area (Å²) in [6.45, 7) is 1.73. The molecule has 20 heavy (non-hydrogen) atoms. The maximum atomic E-state index is 11.9. The molecule has 0 saturated heterocycles. The molecule has 1 aromatic carbocycles. The van der Waals surface area contributed by atoms with Crippen molar-refractivity contribution in [2.75, 3.05) is 5.32 Å². The second-order valence-corrected chi connectivity index (χ2v) is 6.47. The lowest BCUT2D eigenvalue weighted by atomic mass is 10.3. The number of nitrogens with one attached hydrogen (secondary N) is 1. The first-order valence-electron chi connectivity index (χ1n) is 5.47. The van der Waals surface area contributed by atoms with E-state index in [2.05, 4.69) is 21.2 Å². The highest BCUT2D eigenvalue weighted by atomic mass is 79.9. The zero-order valence-electron chi connectivity index (χ0n) is 10.4. The molecule has 0 aliphatic heterocycles. The van der Waals surface area contributed by atoms with Crippen LogP contribution in [0.5, 0.6) is 0 Å². The molecular formula is C12H11BrN2O4S. The fourth-order valence-electron chi connectivity index (χ4n) is 1.51. The van der Waals surface area contributed by atoms with E-state index >= 15 is 0 Å². The monoisotopic (exact) mass is 358 g/mol. The molecule has 2 aromatic rings. The maximum absolute atomic E-state index is 11.9. The van der Waals surface area contributed by atoms with E-state index in [-0.39, 0.29) is 10.7 Å². The number of amides is 1. The number of primary sulfonamides is 1. The molecular weight excluding hydrogens is 348 g/mol. The van der Waals surface area contributed by atoms with Gasteiger partial charge in [0, 0.05) is 4.47 Å². The van der Waals surface area contributed by atoms with Crippen LogP contribution < -0.4 is 10.5 Å². The van der Waals surface area contributed by atoms with E-state index < -0.39 is 15.9 Å². The molecule has 0 radical (unpaired) electrons. The summed E-state index contributed by atoms with van der Waals surface area (Å²) >= 11 is 3.18. The van der Waals surface area contributed by atoms with Crippen LogP contribution in [0.1, 0.15) is 16.3 Å². The Morgan fingerprint density at radius 1 is 1.30 bits per heavy atom. The van der Waals surface area contributed by atoms with Gasteiger partial charge in [0.1, 0.15) is 5.76 Å². The molecule has 0 aliphatic carbocycles. The molecule has 0 spiro atoms. The van der Waals surface area contributed by atoms with Crippen molar-refractivity contribution in [3.8, 4) is 0 Å². The van der Waals surface area contributed by atoms with Crippen molar-refractivity contribution < 1.29 is 17.6 Å². The Kier molecular flexibility index (Phi) is 3.98. The number of carbonyl (C=O) groups is 1. The van der Waals surface area contributed by atoms with Gasteiger partial charge in [0.05, 0.1) is 10.6 Å². The number of rotatable bonds is 3. The Hall–Kier alpha value is -1.64. The second kappa shape index (κ2) is 5.39. The number of hydrogen-bond donors (Lipinski definition) is 2. The molecule has 3 N–H and O–H groups in total. The topological polar surface area (TPSA) is 102 Å². The number of benzene rings is 1. The standard InChI is InChI=1S/C12H11BrN2O4S/c1-7-2-5-11(19-7)12(16)15-10-4-3-8(6-9(10)13)20(14,17)18/h2-6H,1H3,(H,15,16)(H2,14,17,18). The Bertz CT molecular complexity index is 768. The number of furan rings is 1. The van der Waals surface area contributed by atoms with Crippen molar-refractivity contribution in [3.63, 3.8) is 0 Å². The number of halogens is 1. The molecule has 8 heteroatoms. The minimum Gasteiger partial charge on any atom is -0.456 e. The van der Waals surface area contributed by atoms with Gasteiger partial charge in [-0.3, -0.25) is 4.79 Å². The van der Waals surface area contributed by atoms with E-state index in [4.69, 9.17) is 9.56 Å². The van der Waals surface area contributed by atoms with Crippen molar-refractivity contribution in [1.82, 2.24) is 0 Å². The Labute approximate surface area is 124 Å². The highest BCUT2D eigenvalue weighted by Gasteiger charge is 2.14. The van der Waals surface area contributed by atoms with E-state index in [1.807, 2.05) is 0 Å². The number of aryl methyl sites for hydroxylation is 1. The van der Waals surface area contributed by atoms with Crippen LogP contribution in [0, 0.1) is 6.92 Å². The summed E-state index contributed by atoms with van der Waals surface area (Å²) in [7, 11) is -3.78. The normalized spacial score (nSPS) is 11.3. The van der Waals surface area contributed by atoms with Gasteiger partial charge in [-0.2, -0.15) is 0 Å². The van der Waals surface area contributed by atoms with Crippen LogP contribution in [-0.4, -0.2) is 14.3 Å². The number of nitrogens with two attached hydrogens (primary N) is 1. The summed E-state index contributed by atoms with van der Waals surface area (Å²) < 4.78 is 28.0. The van der Waals surface area contributed by atoms with Gasteiger partial charge in [0.15, 0.2) is 5.76 Å². The maximum Gasteiger partial charge on any atom is 0.291 e. The summed E-state index contributed by atoms with van der Waals surface area (Å²) in [5.74, 6) is 0.367. The average Bonchev–Trinajstić information content (AvgIpc) is 2.77. The van der Waals surface area contributed by atoms with Crippen LogP contribution in [-0.2, 0) is 10.0 Å². The molecule has 1 aromatic heterocycles. The highest BCUT2D eigenvalue weighted by molar-refractivity contribution is 9.10. The quantitative estimate of drug-likeness (QED) is 0.877. The summed E-state index contributed by atoms with van der Waals surface area (Å²) in [6, 6.07) is 7.30. The minimum atomic E-state index is -3.78. The molecule has 6 nitrogen and oxygen atoms in total. The smallest absolute Gasteiger partial charge is 0.291 e. The van der Waals surface area contributed by atoms with Gasteiger partial charge in [0.2, 0.25) is 10.0 Å². The van der Waals surface area contributed by atoms with Crippen LogP contribution >= 0.6 is 15.9 Å². The van der Waals surface area contributed by atoms with Gasteiger partial charge < -0.3 is 9.73 Å². The second-order valence-electron chi connectivity index (χ2n) is 4.05. The molecule has 0 atom stereocenters. The van der Waals surface area contributed by atoms with Crippen LogP contribution in [0.25, 0.3) is 0 Å². The molecule has 0 fully saturated rings. The zero-order valence-corrected chi connectivity index (χ0v) is 12.8. The molecule has 0 bridgehead atoms. The van der Waals surface area contributed by atoms with Gasteiger partial charge in [-0.05, 0) is 53.2 Å². The Morgan fingerprint density at radius 2 is 2.00 bits per heavy atom. The van der Waals surface area contributed by atoms with Crippen molar-refractivity contribution in [2.24, 2.45) is 5.14 Å². The highest BCUT2D eigenvalue weighted by Crippen LogP contribution is 2.26. The van der Waals surface area contributed by atoms with E-state index in [9.17, 15) is 13.2 Å². The molecule has 0 saturated carbocycles. The summed E-state index contributed by atoms with van der Waals surface area (Å²) in [4.78, 5) is 11.8. The number of anilines is 1. The minimum absolute atomic E-state index is 0.0452. The molecule has 0 aliphatic rings. The predicted octanol–water partition coefficient (Wildman–Crippen LogP) is 2.25. The van der Waals surface area contributed by atoms with Gasteiger partial charge in [-0.15, -0.1) is 0 Å². The van der Waals surface area contributed by atoms with Crippen molar-refractivity contribution in [2.45, 2.75) is 11.8 Å². The number of hydrogen-bond acceptors (Lipinski definition) is 4. The fourth-order valence-corrected chi connectivity index (χ4v) is 2.68. The van der Waals surface area contributed by atoms with Crippen LogP contribution in [0.2, 0.25) is 0 Å². The van der Waals surface area contributed by atoms with Gasteiger partial charge in [-0.25, -0.2) is 13.6 Å². The molecule has 1 amide bonds. The predicted molar refractivity (Wildman–Crippen MR) is 76.9 cm³/mol. The summed E-state index contributed by atoms with van der Waals surface area (Å²) in [5, 5.41) is 7.62. The Balaban J connectivity index is 2.25. The SMILES string of the molecule is Cc1ccc(C(=O)Nc2ccc(S(N)(=O)=O)cc2Br)o1. The van der Waals surface area contributed by atoms with Crippen molar-refractivity contribution >= 4 is 37.5 Å². The lowest BCUT2D eigenvalue weighted by molar-refractivity contribution is 0.0995. The summed E-state index contributed by atoms with van der Waals surface area (Å²) in [5.41, 5.74) is 0.413. The zero-order chi connectivity index (χ0) is 14.9. The largest absolute Gasteiger partial charge is 0.456 e. The van der Waals surface area contributed by atoms with Crippen LogP contribution in [0.4, 0.5) is 5.69 Å². The van der Waals surface area contributed by atoms with Crippen LogP contribution in [0.3, 0.4) is 0 Å². The first kappa shape index (κ1) is 14.8. The molecule has 1 heterocycles. The third kappa shape index (κ3) is 3.27. The average molecular weight is 359 g/mol. The van der Waals surface area contributed by atoms with Crippen molar-refractivity contribution in [1.29, 1.82) is 0 Å². The lowest BCUT2D eigenvalue weighted by Crippen LogP contribution is -2.14. The van der Waals surface area contributed by atoms with Crippen LogP contribution in [0.15, 0.2) is 44.1 Å². The van der Waals surface area contributed by atoms with E-state index in [0.717, 1.165) is 0 Å². The fraction of sp³-hybridized carbons (Fsp3) is 0.0833. The first-order chi connectivity index (χ1) is 9.27. The molecule has 2 rings (SSSR count). The third-order valence-corrected chi connectivity index (χ3v) is 4.05.